The van der Waals surface area contributed by atoms with Crippen molar-refractivity contribution in [1.82, 2.24) is 4.90 Å². The number of rotatable bonds is 2. The van der Waals surface area contributed by atoms with Gasteiger partial charge in [0.15, 0.2) is 0 Å². The third-order valence-electron chi connectivity index (χ3n) is 3.57. The molecular formula is C20H20ClN3O2S. The van der Waals surface area contributed by atoms with E-state index in [2.05, 4.69) is 0 Å². The van der Waals surface area contributed by atoms with E-state index in [1.807, 2.05) is 32.9 Å². The number of amides is 1. The molecule has 0 bridgehead atoms. The van der Waals surface area contributed by atoms with E-state index >= 15 is 0 Å². The molecule has 0 aliphatic carbocycles. The Morgan fingerprint density at radius 2 is 1.89 bits per heavy atom. The predicted octanol–water partition coefficient (Wildman–Crippen LogP) is 5.36. The molecular weight excluding hydrogens is 382 g/mol. The highest BCUT2D eigenvalue weighted by Crippen LogP contribution is 2.33. The summed E-state index contributed by atoms with van der Waals surface area (Å²) in [5.41, 5.74) is 0.499. The van der Waals surface area contributed by atoms with Gasteiger partial charge in [0.05, 0.1) is 5.03 Å². The average Bonchev–Trinajstić information content (AvgIpc) is 2.61. The number of nitrogens with zero attached hydrogens (tertiary/aromatic N) is 3. The van der Waals surface area contributed by atoms with Crippen LogP contribution in [0.25, 0.3) is 5.57 Å². The molecule has 27 heavy (non-hydrogen) atoms. The summed E-state index contributed by atoms with van der Waals surface area (Å²) in [6.45, 7) is 5.96. The largest absolute Gasteiger partial charge is 0.443 e. The number of nitriles is 2. The van der Waals surface area contributed by atoms with Crippen molar-refractivity contribution in [2.75, 3.05) is 12.3 Å². The number of benzene rings is 1. The molecule has 5 nitrogen and oxygen atoms in total. The van der Waals surface area contributed by atoms with Crippen molar-refractivity contribution in [3.05, 3.63) is 51.5 Å². The topological polar surface area (TPSA) is 77.1 Å². The van der Waals surface area contributed by atoms with Crippen molar-refractivity contribution >= 4 is 35.0 Å². The van der Waals surface area contributed by atoms with E-state index in [0.717, 1.165) is 12.2 Å². The zero-order valence-corrected chi connectivity index (χ0v) is 17.0. The molecule has 0 atom stereocenters. The fourth-order valence-electron chi connectivity index (χ4n) is 2.40. The van der Waals surface area contributed by atoms with Gasteiger partial charge in [-0.2, -0.15) is 10.5 Å². The fraction of sp³-hybridized carbons (Fsp3) is 0.350. The molecule has 0 unspecified atom stereocenters. The highest BCUT2D eigenvalue weighted by Gasteiger charge is 2.27. The van der Waals surface area contributed by atoms with Gasteiger partial charge in [-0.3, -0.25) is 4.90 Å². The second-order valence-electron chi connectivity index (χ2n) is 6.84. The number of halogens is 1. The molecule has 1 heterocycles. The van der Waals surface area contributed by atoms with Gasteiger partial charge in [0.2, 0.25) is 0 Å². The van der Waals surface area contributed by atoms with Crippen molar-refractivity contribution in [3.8, 4) is 12.1 Å². The van der Waals surface area contributed by atoms with Crippen LogP contribution in [0.15, 0.2) is 40.9 Å². The summed E-state index contributed by atoms with van der Waals surface area (Å²) in [6.07, 6.45) is 2.11. The van der Waals surface area contributed by atoms with E-state index < -0.39 is 11.7 Å². The van der Waals surface area contributed by atoms with Crippen LogP contribution in [0, 0.1) is 22.7 Å². The number of carbonyl (C=O) groups excluding carboxylic acids is 1. The van der Waals surface area contributed by atoms with Crippen molar-refractivity contribution in [2.24, 2.45) is 0 Å². The van der Waals surface area contributed by atoms with Crippen LogP contribution in [0.2, 0.25) is 5.02 Å². The second-order valence-corrected chi connectivity index (χ2v) is 8.39. The standard InChI is InChI=1S/C20H20ClN3O2S/c1-20(2,3)26-19(25)24-9-4-10-27-18(24)11-17(15(12-22)13-23)14-5-7-16(21)8-6-14/h5-8,11H,4,9-10H2,1-3H3/b18-11-. The highest BCUT2D eigenvalue weighted by atomic mass is 35.5. The molecule has 2 rings (SSSR count). The van der Waals surface area contributed by atoms with Crippen molar-refractivity contribution in [1.29, 1.82) is 10.5 Å². The van der Waals surface area contributed by atoms with Crippen molar-refractivity contribution in [3.63, 3.8) is 0 Å². The minimum Gasteiger partial charge on any atom is -0.443 e. The van der Waals surface area contributed by atoms with Crippen molar-refractivity contribution < 1.29 is 9.53 Å². The Labute approximate surface area is 168 Å². The van der Waals surface area contributed by atoms with Gasteiger partial charge < -0.3 is 4.74 Å². The molecule has 1 aliphatic rings. The molecule has 0 saturated carbocycles. The number of thioether (sulfide) groups is 1. The lowest BCUT2D eigenvalue weighted by molar-refractivity contribution is 0.0326. The molecule has 1 aromatic carbocycles. The summed E-state index contributed by atoms with van der Waals surface area (Å²) >= 11 is 7.44. The van der Waals surface area contributed by atoms with E-state index in [1.165, 1.54) is 11.8 Å². The maximum atomic E-state index is 12.6. The molecule has 1 aromatic rings. The van der Waals surface area contributed by atoms with Crippen LogP contribution < -0.4 is 0 Å². The maximum Gasteiger partial charge on any atom is 0.415 e. The Bertz CT molecular complexity index is 839. The molecule has 1 fully saturated rings. The number of ether oxygens (including phenoxy) is 1. The quantitative estimate of drug-likeness (QED) is 0.623. The van der Waals surface area contributed by atoms with Gasteiger partial charge >= 0.3 is 6.09 Å². The molecule has 1 amide bonds. The number of hydrogen-bond donors (Lipinski definition) is 0. The zero-order valence-electron chi connectivity index (χ0n) is 15.5. The molecule has 0 radical (unpaired) electrons. The Kier molecular flexibility index (Phi) is 6.96. The summed E-state index contributed by atoms with van der Waals surface area (Å²) in [6, 6.07) is 10.7. The minimum absolute atomic E-state index is 0.0277. The number of hydrogen-bond acceptors (Lipinski definition) is 5. The smallest absolute Gasteiger partial charge is 0.415 e. The zero-order chi connectivity index (χ0) is 20.0. The van der Waals surface area contributed by atoms with Gasteiger partial charge in [0, 0.05) is 22.9 Å². The van der Waals surface area contributed by atoms with Crippen LogP contribution in [-0.4, -0.2) is 28.9 Å². The summed E-state index contributed by atoms with van der Waals surface area (Å²) in [5, 5.41) is 20.0. The summed E-state index contributed by atoms with van der Waals surface area (Å²) in [7, 11) is 0. The lowest BCUT2D eigenvalue weighted by atomic mass is 10.0. The normalized spacial score (nSPS) is 15.6. The molecule has 0 aromatic heterocycles. The van der Waals surface area contributed by atoms with Gasteiger partial charge in [0.1, 0.15) is 23.3 Å². The lowest BCUT2D eigenvalue weighted by Gasteiger charge is -2.31. The Morgan fingerprint density at radius 1 is 1.26 bits per heavy atom. The van der Waals surface area contributed by atoms with Gasteiger partial charge in [-0.05, 0) is 51.0 Å². The second kappa shape index (κ2) is 8.99. The van der Waals surface area contributed by atoms with Crippen LogP contribution in [0.4, 0.5) is 4.79 Å². The number of allylic oxidation sites excluding steroid dienone is 3. The molecule has 1 saturated heterocycles. The van der Waals surface area contributed by atoms with Crippen LogP contribution in [0.1, 0.15) is 32.8 Å². The van der Waals surface area contributed by atoms with Gasteiger partial charge in [-0.15, -0.1) is 11.8 Å². The maximum absolute atomic E-state index is 12.6. The molecule has 0 N–H and O–H groups in total. The summed E-state index contributed by atoms with van der Waals surface area (Å²) in [5.74, 6) is 0.841. The van der Waals surface area contributed by atoms with Crippen LogP contribution >= 0.6 is 23.4 Å². The highest BCUT2D eigenvalue weighted by molar-refractivity contribution is 8.03. The number of carbonyl (C=O) groups is 1. The first-order valence-corrected chi connectivity index (χ1v) is 9.77. The first kappa shape index (κ1) is 20.9. The Hall–Kier alpha value is -2.41. The first-order valence-electron chi connectivity index (χ1n) is 8.40. The first-order chi connectivity index (χ1) is 12.7. The van der Waals surface area contributed by atoms with E-state index in [1.54, 1.807) is 35.2 Å². The van der Waals surface area contributed by atoms with Crippen LogP contribution in [0.5, 0.6) is 0 Å². The van der Waals surface area contributed by atoms with Gasteiger partial charge in [-0.1, -0.05) is 23.7 Å². The van der Waals surface area contributed by atoms with Crippen molar-refractivity contribution in [2.45, 2.75) is 32.8 Å². The average molecular weight is 402 g/mol. The summed E-state index contributed by atoms with van der Waals surface area (Å²) in [4.78, 5) is 14.1. The Balaban J connectivity index is 2.49. The molecule has 7 heteroatoms. The SMILES string of the molecule is CC(C)(C)OC(=O)N1CCCS/C1=C\C(=C(C#N)C#N)c1ccc(Cl)cc1. The van der Waals surface area contributed by atoms with Gasteiger partial charge in [0.25, 0.3) is 0 Å². The molecule has 0 spiro atoms. The molecule has 140 valence electrons. The molecule has 1 aliphatic heterocycles. The van der Waals surface area contributed by atoms with Crippen LogP contribution in [0.3, 0.4) is 0 Å². The third-order valence-corrected chi connectivity index (χ3v) is 4.95. The van der Waals surface area contributed by atoms with E-state index in [-0.39, 0.29) is 5.57 Å². The minimum atomic E-state index is -0.608. The predicted molar refractivity (Wildman–Crippen MR) is 108 cm³/mol. The fourth-order valence-corrected chi connectivity index (χ4v) is 3.54. The third kappa shape index (κ3) is 5.79. The Morgan fingerprint density at radius 3 is 2.44 bits per heavy atom. The van der Waals surface area contributed by atoms with E-state index in [4.69, 9.17) is 16.3 Å². The lowest BCUT2D eigenvalue weighted by Crippen LogP contribution is -2.38. The monoisotopic (exact) mass is 401 g/mol. The van der Waals surface area contributed by atoms with E-state index in [9.17, 15) is 15.3 Å². The van der Waals surface area contributed by atoms with Crippen LogP contribution in [-0.2, 0) is 4.74 Å². The van der Waals surface area contributed by atoms with Gasteiger partial charge in [-0.25, -0.2) is 4.79 Å². The van der Waals surface area contributed by atoms with E-state index in [0.29, 0.717) is 27.7 Å². The summed E-state index contributed by atoms with van der Waals surface area (Å²) < 4.78 is 5.49.